The van der Waals surface area contributed by atoms with E-state index in [1.54, 1.807) is 0 Å². The molecule has 0 aromatic rings. The fourth-order valence-corrected chi connectivity index (χ4v) is 1.06. The first-order valence-electron chi connectivity index (χ1n) is 6.23. The van der Waals surface area contributed by atoms with E-state index < -0.39 is 0 Å². The average molecular weight is 261 g/mol. The molecule has 0 unspecified atom stereocenters. The largest absolute Gasteiger partial charge is 0.379 e. The average Bonchev–Trinajstić information content (AvgIpc) is 2.39. The third kappa shape index (κ3) is 15.1. The minimum atomic E-state index is 0.359. The van der Waals surface area contributed by atoms with E-state index >= 15 is 0 Å². The van der Waals surface area contributed by atoms with Crippen LogP contribution in [0.15, 0.2) is 5.11 Å². The van der Waals surface area contributed by atoms with Crippen LogP contribution in [-0.4, -0.2) is 59.4 Å². The predicted octanol–water partition coefficient (Wildman–Crippen LogP) is 1.77. The van der Waals surface area contributed by atoms with Crippen molar-refractivity contribution in [2.24, 2.45) is 5.11 Å². The molecule has 0 atom stereocenters. The highest BCUT2D eigenvalue weighted by Gasteiger charge is 1.91. The van der Waals surface area contributed by atoms with Gasteiger partial charge in [-0.1, -0.05) is 12.0 Å². The van der Waals surface area contributed by atoms with Crippen LogP contribution in [0.25, 0.3) is 10.4 Å². The first-order chi connectivity index (χ1) is 8.91. The molecule has 0 aromatic heterocycles. The lowest BCUT2D eigenvalue weighted by Gasteiger charge is -2.06. The lowest BCUT2D eigenvalue weighted by atomic mass is 10.5. The van der Waals surface area contributed by atoms with Crippen LogP contribution in [0.4, 0.5) is 0 Å². The standard InChI is InChI=1S/C11H23N3O4/c1-2-4-15-6-8-17-10-11-18-9-7-16-5-3-13-14-12/h2-11H2,1H3. The lowest BCUT2D eigenvalue weighted by molar-refractivity contribution is -0.000897. The Bertz CT molecular complexity index is 210. The van der Waals surface area contributed by atoms with Gasteiger partial charge in [-0.2, -0.15) is 0 Å². The summed E-state index contributed by atoms with van der Waals surface area (Å²) >= 11 is 0. The second-order valence-electron chi connectivity index (χ2n) is 3.40. The van der Waals surface area contributed by atoms with Crippen molar-refractivity contribution in [2.45, 2.75) is 13.3 Å². The van der Waals surface area contributed by atoms with Crippen LogP contribution in [0.2, 0.25) is 0 Å². The number of ether oxygens (including phenoxy) is 4. The Morgan fingerprint density at radius 3 is 1.67 bits per heavy atom. The van der Waals surface area contributed by atoms with Gasteiger partial charge in [-0.3, -0.25) is 0 Å². The summed E-state index contributed by atoms with van der Waals surface area (Å²) < 4.78 is 21.0. The smallest absolute Gasteiger partial charge is 0.0701 e. The minimum Gasteiger partial charge on any atom is -0.379 e. The van der Waals surface area contributed by atoms with Crippen LogP contribution in [0, 0.1) is 0 Å². The summed E-state index contributed by atoms with van der Waals surface area (Å²) in [7, 11) is 0. The molecule has 0 aliphatic heterocycles. The van der Waals surface area contributed by atoms with Crippen LogP contribution < -0.4 is 0 Å². The molecule has 0 heterocycles. The maximum atomic E-state index is 8.01. The molecule has 0 aliphatic carbocycles. The zero-order chi connectivity index (χ0) is 13.3. The van der Waals surface area contributed by atoms with Gasteiger partial charge in [-0.25, -0.2) is 0 Å². The molecule has 7 nitrogen and oxygen atoms in total. The molecule has 0 rings (SSSR count). The van der Waals surface area contributed by atoms with Gasteiger partial charge in [0.25, 0.3) is 0 Å². The first kappa shape index (κ1) is 17.2. The summed E-state index contributed by atoms with van der Waals surface area (Å²) in [6.07, 6.45) is 1.03. The number of azide groups is 1. The van der Waals surface area contributed by atoms with Crippen LogP contribution in [0.5, 0.6) is 0 Å². The van der Waals surface area contributed by atoms with Gasteiger partial charge in [0.1, 0.15) is 0 Å². The van der Waals surface area contributed by atoms with Crippen LogP contribution in [0.1, 0.15) is 13.3 Å². The zero-order valence-electron chi connectivity index (χ0n) is 11.0. The molecule has 0 spiro atoms. The molecule has 0 aliphatic rings. The van der Waals surface area contributed by atoms with E-state index in [0.717, 1.165) is 13.0 Å². The molecule has 7 heteroatoms. The van der Waals surface area contributed by atoms with E-state index in [1.165, 1.54) is 0 Å². The molecule has 0 radical (unpaired) electrons. The van der Waals surface area contributed by atoms with Gasteiger partial charge in [0, 0.05) is 18.1 Å². The van der Waals surface area contributed by atoms with Crippen LogP contribution in [-0.2, 0) is 18.9 Å². The summed E-state index contributed by atoms with van der Waals surface area (Å²) in [5.41, 5.74) is 8.01. The first-order valence-corrected chi connectivity index (χ1v) is 6.23. The van der Waals surface area contributed by atoms with E-state index in [1.807, 2.05) is 0 Å². The van der Waals surface area contributed by atoms with E-state index in [0.29, 0.717) is 52.8 Å². The maximum Gasteiger partial charge on any atom is 0.0701 e. The summed E-state index contributed by atoms with van der Waals surface area (Å²) in [6.45, 7) is 7.02. The van der Waals surface area contributed by atoms with E-state index in [2.05, 4.69) is 16.9 Å². The molecular weight excluding hydrogens is 238 g/mol. The highest BCUT2D eigenvalue weighted by atomic mass is 16.6. The Balaban J connectivity index is 2.92. The van der Waals surface area contributed by atoms with Crippen molar-refractivity contribution in [1.82, 2.24) is 0 Å². The van der Waals surface area contributed by atoms with E-state index in [-0.39, 0.29) is 0 Å². The summed E-state index contributed by atoms with van der Waals surface area (Å²) in [4.78, 5) is 2.62. The number of rotatable bonds is 14. The second-order valence-corrected chi connectivity index (χ2v) is 3.40. The monoisotopic (exact) mass is 261 g/mol. The summed E-state index contributed by atoms with van der Waals surface area (Å²) in [6, 6.07) is 0. The van der Waals surface area contributed by atoms with Gasteiger partial charge in [0.15, 0.2) is 0 Å². The highest BCUT2D eigenvalue weighted by Crippen LogP contribution is 1.84. The summed E-state index contributed by atoms with van der Waals surface area (Å²) in [5, 5.41) is 3.34. The molecule has 0 amide bonds. The van der Waals surface area contributed by atoms with Crippen molar-refractivity contribution in [3.63, 3.8) is 0 Å². The second kappa shape index (κ2) is 16.1. The van der Waals surface area contributed by atoms with Crippen molar-refractivity contribution >= 4 is 0 Å². The van der Waals surface area contributed by atoms with Crippen molar-refractivity contribution in [3.8, 4) is 0 Å². The normalized spacial score (nSPS) is 10.3. The summed E-state index contributed by atoms with van der Waals surface area (Å²) in [5.74, 6) is 0. The van der Waals surface area contributed by atoms with Gasteiger partial charge < -0.3 is 18.9 Å². The Morgan fingerprint density at radius 1 is 0.778 bits per heavy atom. The van der Waals surface area contributed by atoms with Crippen LogP contribution >= 0.6 is 0 Å². The van der Waals surface area contributed by atoms with Gasteiger partial charge in [-0.15, -0.1) is 0 Å². The minimum absolute atomic E-state index is 0.359. The van der Waals surface area contributed by atoms with Gasteiger partial charge >= 0.3 is 0 Å². The molecule has 18 heavy (non-hydrogen) atoms. The number of hydrogen-bond acceptors (Lipinski definition) is 5. The molecule has 0 aromatic carbocycles. The number of hydrogen-bond donors (Lipinski definition) is 0. The molecule has 0 saturated carbocycles. The van der Waals surface area contributed by atoms with E-state index in [9.17, 15) is 0 Å². The molecule has 0 fully saturated rings. The topological polar surface area (TPSA) is 85.7 Å². The molecule has 0 bridgehead atoms. The van der Waals surface area contributed by atoms with Crippen molar-refractivity contribution in [2.75, 3.05) is 59.4 Å². The van der Waals surface area contributed by atoms with Crippen LogP contribution in [0.3, 0.4) is 0 Å². The Hall–Kier alpha value is -0.850. The Labute approximate surface area is 108 Å². The van der Waals surface area contributed by atoms with Crippen molar-refractivity contribution < 1.29 is 18.9 Å². The maximum absolute atomic E-state index is 8.01. The lowest BCUT2D eigenvalue weighted by Crippen LogP contribution is -2.12. The third-order valence-electron chi connectivity index (χ3n) is 1.86. The van der Waals surface area contributed by atoms with Crippen molar-refractivity contribution in [1.29, 1.82) is 0 Å². The molecule has 0 N–H and O–H groups in total. The fraction of sp³-hybridized carbons (Fsp3) is 1.00. The molecule has 106 valence electrons. The van der Waals surface area contributed by atoms with E-state index in [4.69, 9.17) is 24.5 Å². The fourth-order valence-electron chi connectivity index (χ4n) is 1.06. The zero-order valence-corrected chi connectivity index (χ0v) is 11.0. The van der Waals surface area contributed by atoms with Gasteiger partial charge in [-0.05, 0) is 12.0 Å². The van der Waals surface area contributed by atoms with Gasteiger partial charge in [0.2, 0.25) is 0 Å². The Kier molecular flexibility index (Phi) is 15.4. The number of nitrogens with zero attached hydrogens (tertiary/aromatic N) is 3. The molecule has 0 saturated heterocycles. The highest BCUT2D eigenvalue weighted by molar-refractivity contribution is 4.44. The SMILES string of the molecule is CCCOCCOCCOCCOCCN=[N+]=[N-]. The quantitative estimate of drug-likeness (QED) is 0.206. The van der Waals surface area contributed by atoms with Gasteiger partial charge in [0.05, 0.1) is 46.2 Å². The van der Waals surface area contributed by atoms with Crippen molar-refractivity contribution in [3.05, 3.63) is 10.4 Å². The Morgan fingerprint density at radius 2 is 1.22 bits per heavy atom. The predicted molar refractivity (Wildman–Crippen MR) is 67.6 cm³/mol. The molecular formula is C11H23N3O4. The third-order valence-corrected chi connectivity index (χ3v) is 1.86.